The summed E-state index contributed by atoms with van der Waals surface area (Å²) in [5, 5.41) is 9.30. The van der Waals surface area contributed by atoms with Crippen molar-refractivity contribution in [1.82, 2.24) is 9.97 Å². The van der Waals surface area contributed by atoms with E-state index < -0.39 is 0 Å². The van der Waals surface area contributed by atoms with Crippen molar-refractivity contribution in [2.45, 2.75) is 5.33 Å². The van der Waals surface area contributed by atoms with Crippen LogP contribution in [0.15, 0.2) is 54.9 Å². The standard InChI is InChI=1S/C8H6BrN.C7H6N2/c9-5-7-2-1-3-8(4-7)6-10;1-2-4-7-6(3-1)8-5-9-7/h1-4H,5H2;1-5H,(H,8,9). The van der Waals surface area contributed by atoms with Crippen LogP contribution in [0.1, 0.15) is 11.1 Å². The number of benzene rings is 2. The molecule has 94 valence electrons. The van der Waals surface area contributed by atoms with Gasteiger partial charge < -0.3 is 4.98 Å². The molecular formula is C15H12BrN3. The number of H-pyrrole nitrogens is 1. The van der Waals surface area contributed by atoms with Gasteiger partial charge in [-0.05, 0) is 29.8 Å². The van der Waals surface area contributed by atoms with Gasteiger partial charge in [-0.3, -0.25) is 0 Å². The third kappa shape index (κ3) is 3.67. The number of aromatic amines is 1. The summed E-state index contributed by atoms with van der Waals surface area (Å²) in [6, 6.07) is 17.6. The molecule has 3 nitrogen and oxygen atoms in total. The minimum atomic E-state index is 0.719. The maximum absolute atomic E-state index is 8.49. The number of hydrogen-bond donors (Lipinski definition) is 1. The molecule has 3 aromatic rings. The summed E-state index contributed by atoms with van der Waals surface area (Å²) in [5.41, 5.74) is 3.98. The van der Waals surface area contributed by atoms with Crippen molar-refractivity contribution in [3.8, 4) is 6.07 Å². The third-order valence-corrected chi connectivity index (χ3v) is 3.19. The van der Waals surface area contributed by atoms with E-state index >= 15 is 0 Å². The van der Waals surface area contributed by atoms with E-state index in [9.17, 15) is 0 Å². The largest absolute Gasteiger partial charge is 0.345 e. The number of halogens is 1. The summed E-state index contributed by atoms with van der Waals surface area (Å²) >= 11 is 3.31. The maximum atomic E-state index is 8.49. The lowest BCUT2D eigenvalue weighted by Gasteiger charge is -1.92. The Bertz CT molecular complexity index is 667. The normalized spacial score (nSPS) is 9.47. The molecule has 0 bridgehead atoms. The number of aromatic nitrogens is 2. The number of alkyl halides is 1. The molecule has 0 amide bonds. The monoisotopic (exact) mass is 313 g/mol. The Labute approximate surface area is 120 Å². The number of rotatable bonds is 1. The van der Waals surface area contributed by atoms with E-state index in [1.807, 2.05) is 42.5 Å². The Morgan fingerprint density at radius 3 is 2.74 bits per heavy atom. The molecule has 3 rings (SSSR count). The lowest BCUT2D eigenvalue weighted by Crippen LogP contribution is -1.78. The summed E-state index contributed by atoms with van der Waals surface area (Å²) in [7, 11) is 0. The van der Waals surface area contributed by atoms with Crippen molar-refractivity contribution < 1.29 is 0 Å². The predicted molar refractivity (Wildman–Crippen MR) is 79.9 cm³/mol. The molecule has 0 aliphatic heterocycles. The zero-order chi connectivity index (χ0) is 13.5. The molecule has 1 heterocycles. The van der Waals surface area contributed by atoms with Crippen molar-refractivity contribution in [3.63, 3.8) is 0 Å². The van der Waals surface area contributed by atoms with Crippen LogP contribution in [0.2, 0.25) is 0 Å². The first-order valence-electron chi connectivity index (χ1n) is 5.76. The van der Waals surface area contributed by atoms with Crippen molar-refractivity contribution >= 4 is 27.0 Å². The maximum Gasteiger partial charge on any atom is 0.0991 e. The van der Waals surface area contributed by atoms with Crippen LogP contribution in [-0.4, -0.2) is 9.97 Å². The van der Waals surface area contributed by atoms with E-state index in [-0.39, 0.29) is 0 Å². The molecule has 0 saturated heterocycles. The van der Waals surface area contributed by atoms with Gasteiger partial charge in [0.15, 0.2) is 0 Å². The van der Waals surface area contributed by atoms with Crippen LogP contribution < -0.4 is 0 Å². The highest BCUT2D eigenvalue weighted by Gasteiger charge is 1.90. The molecule has 0 radical (unpaired) electrons. The molecule has 0 fully saturated rings. The number of nitrogens with one attached hydrogen (secondary N) is 1. The molecular weight excluding hydrogens is 302 g/mol. The van der Waals surface area contributed by atoms with Crippen molar-refractivity contribution in [2.24, 2.45) is 0 Å². The fourth-order valence-corrected chi connectivity index (χ4v) is 1.95. The fourth-order valence-electron chi connectivity index (χ4n) is 1.60. The first-order chi connectivity index (χ1) is 9.33. The minimum absolute atomic E-state index is 0.719. The van der Waals surface area contributed by atoms with Crippen LogP contribution >= 0.6 is 15.9 Å². The number of fused-ring (bicyclic) bond motifs is 1. The van der Waals surface area contributed by atoms with Gasteiger partial charge in [0.2, 0.25) is 0 Å². The number of imidazole rings is 1. The Hall–Kier alpha value is -2.12. The number of nitriles is 1. The van der Waals surface area contributed by atoms with Gasteiger partial charge in [0.1, 0.15) is 0 Å². The first kappa shape index (κ1) is 13.3. The first-order valence-corrected chi connectivity index (χ1v) is 6.89. The average Bonchev–Trinajstić information content (AvgIpc) is 2.96. The van der Waals surface area contributed by atoms with Crippen molar-refractivity contribution in [1.29, 1.82) is 5.26 Å². The Morgan fingerprint density at radius 2 is 2.00 bits per heavy atom. The number of para-hydroxylation sites is 2. The van der Waals surface area contributed by atoms with E-state index in [4.69, 9.17) is 5.26 Å². The number of nitrogens with zero attached hydrogens (tertiary/aromatic N) is 2. The van der Waals surface area contributed by atoms with Crippen LogP contribution in [0.25, 0.3) is 11.0 Å². The van der Waals surface area contributed by atoms with Gasteiger partial charge in [-0.1, -0.05) is 40.2 Å². The molecule has 19 heavy (non-hydrogen) atoms. The molecule has 1 aromatic heterocycles. The van der Waals surface area contributed by atoms with E-state index in [1.54, 1.807) is 12.4 Å². The summed E-state index contributed by atoms with van der Waals surface area (Å²) in [6.45, 7) is 0. The molecule has 1 N–H and O–H groups in total. The highest BCUT2D eigenvalue weighted by molar-refractivity contribution is 9.08. The van der Waals surface area contributed by atoms with Crippen molar-refractivity contribution in [3.05, 3.63) is 66.0 Å². The Kier molecular flexibility index (Phi) is 4.71. The minimum Gasteiger partial charge on any atom is -0.345 e. The van der Waals surface area contributed by atoms with E-state index in [0.29, 0.717) is 0 Å². The van der Waals surface area contributed by atoms with Crippen LogP contribution in [0.4, 0.5) is 0 Å². The van der Waals surface area contributed by atoms with Gasteiger partial charge in [0.25, 0.3) is 0 Å². The molecule has 4 heteroatoms. The second-order valence-electron chi connectivity index (χ2n) is 3.87. The summed E-state index contributed by atoms with van der Waals surface area (Å²) in [5.74, 6) is 0. The van der Waals surface area contributed by atoms with E-state index in [1.165, 1.54) is 0 Å². The Morgan fingerprint density at radius 1 is 1.16 bits per heavy atom. The third-order valence-electron chi connectivity index (χ3n) is 2.54. The molecule has 0 aliphatic carbocycles. The van der Waals surface area contributed by atoms with E-state index in [2.05, 4.69) is 32.0 Å². The molecule has 2 aromatic carbocycles. The second-order valence-corrected chi connectivity index (χ2v) is 4.43. The van der Waals surface area contributed by atoms with Crippen LogP contribution in [0.3, 0.4) is 0 Å². The summed E-state index contributed by atoms with van der Waals surface area (Å²) in [4.78, 5) is 7.07. The van der Waals surface area contributed by atoms with Gasteiger partial charge in [-0.25, -0.2) is 4.98 Å². The van der Waals surface area contributed by atoms with Gasteiger partial charge in [-0.15, -0.1) is 0 Å². The second kappa shape index (κ2) is 6.72. The topological polar surface area (TPSA) is 52.5 Å². The molecule has 0 saturated carbocycles. The lowest BCUT2D eigenvalue weighted by molar-refractivity contribution is 1.34. The summed E-state index contributed by atoms with van der Waals surface area (Å²) < 4.78 is 0. The van der Waals surface area contributed by atoms with Crippen LogP contribution in [-0.2, 0) is 5.33 Å². The smallest absolute Gasteiger partial charge is 0.0991 e. The van der Waals surface area contributed by atoms with E-state index in [0.717, 1.165) is 27.5 Å². The fraction of sp³-hybridized carbons (Fsp3) is 0.0667. The number of hydrogen-bond acceptors (Lipinski definition) is 2. The lowest BCUT2D eigenvalue weighted by atomic mass is 10.2. The molecule has 0 atom stereocenters. The quantitative estimate of drug-likeness (QED) is 0.690. The highest BCUT2D eigenvalue weighted by Crippen LogP contribution is 2.07. The Balaban J connectivity index is 0.000000141. The van der Waals surface area contributed by atoms with Gasteiger partial charge >= 0.3 is 0 Å². The zero-order valence-corrected chi connectivity index (χ0v) is 11.8. The van der Waals surface area contributed by atoms with Crippen LogP contribution in [0.5, 0.6) is 0 Å². The molecule has 0 aliphatic rings. The van der Waals surface area contributed by atoms with Crippen LogP contribution in [0, 0.1) is 11.3 Å². The van der Waals surface area contributed by atoms with Crippen molar-refractivity contribution in [2.75, 3.05) is 0 Å². The summed E-state index contributed by atoms with van der Waals surface area (Å²) in [6.07, 6.45) is 1.70. The SMILES string of the molecule is N#Cc1cccc(CBr)c1.c1ccc2[nH]cnc2c1. The predicted octanol–water partition coefficient (Wildman–Crippen LogP) is 4.02. The zero-order valence-electron chi connectivity index (χ0n) is 10.2. The highest BCUT2D eigenvalue weighted by atomic mass is 79.9. The average molecular weight is 314 g/mol. The molecule has 0 spiro atoms. The van der Waals surface area contributed by atoms with Gasteiger partial charge in [0, 0.05) is 5.33 Å². The van der Waals surface area contributed by atoms with Gasteiger partial charge in [0.05, 0.1) is 29.0 Å². The van der Waals surface area contributed by atoms with Gasteiger partial charge in [-0.2, -0.15) is 5.26 Å². The molecule has 0 unspecified atom stereocenters.